The number of thiophene rings is 1. The van der Waals surface area contributed by atoms with E-state index in [1.165, 1.54) is 17.4 Å². The lowest BCUT2D eigenvalue weighted by Gasteiger charge is -2.10. The molecular weight excluding hydrogens is 512 g/mol. The highest BCUT2D eigenvalue weighted by Crippen LogP contribution is 2.37. The zero-order valence-electron chi connectivity index (χ0n) is 21.5. The van der Waals surface area contributed by atoms with E-state index in [4.69, 9.17) is 14.2 Å². The van der Waals surface area contributed by atoms with Crippen LogP contribution in [0.15, 0.2) is 89.8 Å². The number of amides is 1. The highest BCUT2D eigenvalue weighted by molar-refractivity contribution is 7.15. The molecule has 1 aromatic heterocycles. The standard InChI is InChI=1S/C31H26N2O5S/c1-3-37-31(35)28-26(22-13-15-25(36-2)16-14-22)20-39-30(28)33-29(34)24(18-32)17-23-11-7-8-12-27(23)38-19-21-9-5-4-6-10-21/h4-17,20H,3,19H2,1-2H3,(H,33,34)/b24-17+. The minimum Gasteiger partial charge on any atom is -0.497 e. The zero-order chi connectivity index (χ0) is 27.6. The number of benzene rings is 3. The normalized spacial score (nSPS) is 10.8. The van der Waals surface area contributed by atoms with E-state index in [-0.39, 0.29) is 17.7 Å². The van der Waals surface area contributed by atoms with Gasteiger partial charge in [0.2, 0.25) is 0 Å². The molecule has 39 heavy (non-hydrogen) atoms. The minimum atomic E-state index is -0.649. The van der Waals surface area contributed by atoms with E-state index >= 15 is 0 Å². The summed E-state index contributed by atoms with van der Waals surface area (Å²) in [6, 6.07) is 26.0. The average Bonchev–Trinajstić information content (AvgIpc) is 3.39. The van der Waals surface area contributed by atoms with Gasteiger partial charge in [0.1, 0.15) is 40.3 Å². The molecule has 0 radical (unpaired) electrons. The van der Waals surface area contributed by atoms with Gasteiger partial charge in [0.15, 0.2) is 0 Å². The summed E-state index contributed by atoms with van der Waals surface area (Å²) in [6.45, 7) is 2.22. The number of hydrogen-bond acceptors (Lipinski definition) is 7. The van der Waals surface area contributed by atoms with Crippen LogP contribution in [-0.4, -0.2) is 25.6 Å². The van der Waals surface area contributed by atoms with Crippen molar-refractivity contribution in [1.82, 2.24) is 0 Å². The molecule has 196 valence electrons. The number of rotatable bonds is 10. The second-order valence-corrected chi connectivity index (χ2v) is 9.12. The molecule has 1 N–H and O–H groups in total. The van der Waals surface area contributed by atoms with Crippen molar-refractivity contribution >= 4 is 34.3 Å². The van der Waals surface area contributed by atoms with Crippen molar-refractivity contribution in [2.45, 2.75) is 13.5 Å². The van der Waals surface area contributed by atoms with Gasteiger partial charge in [0, 0.05) is 16.5 Å². The summed E-state index contributed by atoms with van der Waals surface area (Å²) in [5.74, 6) is -0.00453. The summed E-state index contributed by atoms with van der Waals surface area (Å²) in [4.78, 5) is 26.1. The van der Waals surface area contributed by atoms with Gasteiger partial charge in [-0.2, -0.15) is 5.26 Å². The number of methoxy groups -OCH3 is 1. The van der Waals surface area contributed by atoms with E-state index in [9.17, 15) is 14.9 Å². The van der Waals surface area contributed by atoms with Crippen molar-refractivity contribution in [2.75, 3.05) is 19.0 Å². The SMILES string of the molecule is CCOC(=O)c1c(-c2ccc(OC)cc2)csc1NC(=O)/C(C#N)=C/c1ccccc1OCc1ccccc1. The third-order valence-electron chi connectivity index (χ3n) is 5.72. The summed E-state index contributed by atoms with van der Waals surface area (Å²) in [5, 5.41) is 14.6. The molecule has 1 heterocycles. The molecule has 8 heteroatoms. The minimum absolute atomic E-state index is 0.139. The maximum Gasteiger partial charge on any atom is 0.341 e. The number of esters is 1. The van der Waals surface area contributed by atoms with Crippen molar-refractivity contribution in [3.8, 4) is 28.7 Å². The molecule has 4 rings (SSSR count). The Hall–Kier alpha value is -4.87. The first kappa shape index (κ1) is 27.2. The fraction of sp³-hybridized carbons (Fsp3) is 0.129. The molecule has 0 unspecified atom stereocenters. The van der Waals surface area contributed by atoms with Gasteiger partial charge < -0.3 is 19.5 Å². The Morgan fingerprint density at radius 1 is 1.00 bits per heavy atom. The van der Waals surface area contributed by atoms with Gasteiger partial charge in [0.05, 0.1) is 13.7 Å². The Bertz CT molecular complexity index is 1520. The second kappa shape index (κ2) is 13.1. The van der Waals surface area contributed by atoms with Crippen molar-refractivity contribution in [2.24, 2.45) is 0 Å². The first-order valence-corrected chi connectivity index (χ1v) is 13.0. The summed E-state index contributed by atoms with van der Waals surface area (Å²) < 4.78 is 16.5. The van der Waals surface area contributed by atoms with Crippen molar-refractivity contribution in [3.63, 3.8) is 0 Å². The number of ether oxygens (including phenoxy) is 3. The van der Waals surface area contributed by atoms with Gasteiger partial charge in [0.25, 0.3) is 5.91 Å². The Morgan fingerprint density at radius 2 is 1.72 bits per heavy atom. The largest absolute Gasteiger partial charge is 0.497 e. The molecule has 0 fully saturated rings. The predicted molar refractivity (Wildman–Crippen MR) is 152 cm³/mol. The first-order chi connectivity index (χ1) is 19.0. The van der Waals surface area contributed by atoms with Gasteiger partial charge in [-0.1, -0.05) is 60.7 Å². The van der Waals surface area contributed by atoms with E-state index in [1.807, 2.05) is 54.6 Å². The monoisotopic (exact) mass is 538 g/mol. The van der Waals surface area contributed by atoms with E-state index in [0.717, 1.165) is 11.1 Å². The lowest BCUT2D eigenvalue weighted by molar-refractivity contribution is -0.112. The highest BCUT2D eigenvalue weighted by Gasteiger charge is 2.24. The lowest BCUT2D eigenvalue weighted by Crippen LogP contribution is -2.16. The van der Waals surface area contributed by atoms with Gasteiger partial charge in [-0.05, 0) is 42.3 Å². The van der Waals surface area contributed by atoms with Crippen LogP contribution in [0.1, 0.15) is 28.4 Å². The number of nitrogens with zero attached hydrogens (tertiary/aromatic N) is 1. The fourth-order valence-electron chi connectivity index (χ4n) is 3.78. The molecule has 0 bridgehead atoms. The Morgan fingerprint density at radius 3 is 2.41 bits per heavy atom. The molecule has 0 saturated carbocycles. The number of anilines is 1. The van der Waals surface area contributed by atoms with E-state index in [1.54, 1.807) is 49.7 Å². The zero-order valence-corrected chi connectivity index (χ0v) is 22.3. The van der Waals surface area contributed by atoms with Crippen LogP contribution >= 0.6 is 11.3 Å². The predicted octanol–water partition coefficient (Wildman–Crippen LogP) is 6.73. The summed E-state index contributed by atoms with van der Waals surface area (Å²) in [6.07, 6.45) is 1.47. The summed E-state index contributed by atoms with van der Waals surface area (Å²) >= 11 is 1.18. The van der Waals surface area contributed by atoms with Gasteiger partial charge in [-0.25, -0.2) is 4.79 Å². The van der Waals surface area contributed by atoms with Crippen LogP contribution in [0, 0.1) is 11.3 Å². The molecule has 0 aliphatic rings. The van der Waals surface area contributed by atoms with Gasteiger partial charge in [-0.15, -0.1) is 11.3 Å². The van der Waals surface area contributed by atoms with Crippen LogP contribution < -0.4 is 14.8 Å². The van der Waals surface area contributed by atoms with E-state index in [2.05, 4.69) is 5.32 Å². The number of nitrogens with one attached hydrogen (secondary N) is 1. The van der Waals surface area contributed by atoms with Crippen molar-refractivity contribution in [1.29, 1.82) is 5.26 Å². The molecule has 0 spiro atoms. The number of carbonyl (C=O) groups is 2. The fourth-order valence-corrected chi connectivity index (χ4v) is 4.73. The van der Waals surface area contributed by atoms with E-state index < -0.39 is 11.9 Å². The molecule has 0 saturated heterocycles. The smallest absolute Gasteiger partial charge is 0.341 e. The molecule has 0 atom stereocenters. The quantitative estimate of drug-likeness (QED) is 0.137. The number of carbonyl (C=O) groups excluding carboxylic acids is 2. The van der Waals surface area contributed by atoms with Crippen molar-refractivity contribution in [3.05, 3.63) is 107 Å². The summed E-state index contributed by atoms with van der Waals surface area (Å²) in [5.41, 5.74) is 3.03. The number of hydrogen-bond donors (Lipinski definition) is 1. The maximum atomic E-state index is 13.2. The Kier molecular flexibility index (Phi) is 9.11. The van der Waals surface area contributed by atoms with Crippen LogP contribution in [-0.2, 0) is 16.1 Å². The van der Waals surface area contributed by atoms with Crippen LogP contribution in [0.3, 0.4) is 0 Å². The van der Waals surface area contributed by atoms with E-state index in [0.29, 0.717) is 34.2 Å². The second-order valence-electron chi connectivity index (χ2n) is 8.24. The van der Waals surface area contributed by atoms with Gasteiger partial charge in [-0.3, -0.25) is 4.79 Å². The van der Waals surface area contributed by atoms with Gasteiger partial charge >= 0.3 is 5.97 Å². The molecule has 0 aliphatic heterocycles. The average molecular weight is 539 g/mol. The first-order valence-electron chi connectivity index (χ1n) is 12.2. The third kappa shape index (κ3) is 6.72. The molecule has 4 aromatic rings. The Balaban J connectivity index is 1.60. The molecule has 7 nitrogen and oxygen atoms in total. The van der Waals surface area contributed by atoms with Crippen LogP contribution in [0.2, 0.25) is 0 Å². The summed E-state index contributed by atoms with van der Waals surface area (Å²) in [7, 11) is 1.57. The highest BCUT2D eigenvalue weighted by atomic mass is 32.1. The molecule has 1 amide bonds. The number of nitriles is 1. The lowest BCUT2D eigenvalue weighted by atomic mass is 10.0. The topological polar surface area (TPSA) is 97.6 Å². The third-order valence-corrected chi connectivity index (χ3v) is 6.62. The van der Waals surface area contributed by atoms with Crippen LogP contribution in [0.4, 0.5) is 5.00 Å². The number of para-hydroxylation sites is 1. The van der Waals surface area contributed by atoms with Crippen molar-refractivity contribution < 1.29 is 23.8 Å². The van der Waals surface area contributed by atoms with Crippen LogP contribution in [0.25, 0.3) is 17.2 Å². The molecular formula is C31H26N2O5S. The molecule has 0 aliphatic carbocycles. The molecule has 3 aromatic carbocycles. The van der Waals surface area contributed by atoms with Crippen LogP contribution in [0.5, 0.6) is 11.5 Å². The maximum absolute atomic E-state index is 13.2. The Labute approximate surface area is 230 Å².